The van der Waals surface area contributed by atoms with Gasteiger partial charge in [-0.1, -0.05) is 6.07 Å². The smallest absolute Gasteiger partial charge is 0.254 e. The minimum Gasteiger partial charge on any atom is -0.493 e. The summed E-state index contributed by atoms with van der Waals surface area (Å²) >= 11 is 0. The zero-order valence-corrected chi connectivity index (χ0v) is 15.2. The normalized spacial score (nSPS) is 18.4. The molecule has 1 fully saturated rings. The first-order valence-corrected chi connectivity index (χ1v) is 9.42. The molecule has 0 unspecified atom stereocenters. The molecule has 2 aliphatic heterocycles. The summed E-state index contributed by atoms with van der Waals surface area (Å²) < 4.78 is 5.65. The van der Waals surface area contributed by atoms with Gasteiger partial charge in [0.25, 0.3) is 5.91 Å². The number of aryl methyl sites for hydroxylation is 1. The lowest BCUT2D eigenvalue weighted by atomic mass is 10.0. The lowest BCUT2D eigenvalue weighted by molar-refractivity contribution is -0.119. The van der Waals surface area contributed by atoms with Gasteiger partial charge in [-0.2, -0.15) is 0 Å². The first kappa shape index (κ1) is 17.5. The quantitative estimate of drug-likeness (QED) is 0.883. The van der Waals surface area contributed by atoms with Gasteiger partial charge in [0, 0.05) is 43.5 Å². The van der Waals surface area contributed by atoms with Crippen LogP contribution in [-0.2, 0) is 17.8 Å². The molecule has 1 aromatic heterocycles. The Kier molecular flexibility index (Phi) is 5.05. The summed E-state index contributed by atoms with van der Waals surface area (Å²) in [4.78, 5) is 30.8. The topological polar surface area (TPSA) is 71.5 Å². The Morgan fingerprint density at radius 3 is 3.00 bits per heavy atom. The van der Waals surface area contributed by atoms with Gasteiger partial charge in [0.05, 0.1) is 6.61 Å². The zero-order valence-electron chi connectivity index (χ0n) is 15.2. The highest BCUT2D eigenvalue weighted by Crippen LogP contribution is 2.26. The van der Waals surface area contributed by atoms with Crippen LogP contribution in [0, 0.1) is 0 Å². The van der Waals surface area contributed by atoms with Gasteiger partial charge in [-0.25, -0.2) is 0 Å². The van der Waals surface area contributed by atoms with Crippen LogP contribution in [0.1, 0.15) is 40.7 Å². The van der Waals surface area contributed by atoms with Crippen molar-refractivity contribution in [3.63, 3.8) is 0 Å². The highest BCUT2D eigenvalue weighted by atomic mass is 16.5. The number of carbonyl (C=O) groups excluding carboxylic acids is 2. The second kappa shape index (κ2) is 7.78. The SMILES string of the molecule is O=C1CC[C@@H](CN(Cc2cccnc2)C(=O)c2ccc3c(c2)CCCO3)N1. The molecular weight excluding hydrogens is 342 g/mol. The lowest BCUT2D eigenvalue weighted by Crippen LogP contribution is -2.41. The van der Waals surface area contributed by atoms with E-state index in [0.717, 1.165) is 42.7 Å². The molecule has 2 aliphatic rings. The third-order valence-corrected chi connectivity index (χ3v) is 5.06. The number of pyridine rings is 1. The third kappa shape index (κ3) is 4.10. The minimum atomic E-state index is -0.0339. The average molecular weight is 365 g/mol. The Labute approximate surface area is 158 Å². The Hall–Kier alpha value is -2.89. The fourth-order valence-corrected chi connectivity index (χ4v) is 3.69. The molecule has 2 amide bonds. The van der Waals surface area contributed by atoms with Crippen LogP contribution in [0.3, 0.4) is 0 Å². The van der Waals surface area contributed by atoms with Crippen LogP contribution < -0.4 is 10.1 Å². The average Bonchev–Trinajstić information content (AvgIpc) is 3.12. The van der Waals surface area contributed by atoms with Gasteiger partial charge in [0.15, 0.2) is 0 Å². The number of ether oxygens (including phenoxy) is 1. The first-order chi connectivity index (χ1) is 13.2. The van der Waals surface area contributed by atoms with Crippen molar-refractivity contribution in [2.75, 3.05) is 13.2 Å². The number of nitrogens with one attached hydrogen (secondary N) is 1. The van der Waals surface area contributed by atoms with E-state index >= 15 is 0 Å². The number of aromatic nitrogens is 1. The van der Waals surface area contributed by atoms with Crippen molar-refractivity contribution in [1.29, 1.82) is 0 Å². The summed E-state index contributed by atoms with van der Waals surface area (Å²) in [5.74, 6) is 0.896. The van der Waals surface area contributed by atoms with E-state index in [1.54, 1.807) is 17.3 Å². The molecule has 27 heavy (non-hydrogen) atoms. The van der Waals surface area contributed by atoms with E-state index in [0.29, 0.717) is 25.1 Å². The predicted octanol–water partition coefficient (Wildman–Crippen LogP) is 2.33. The summed E-state index contributed by atoms with van der Waals surface area (Å²) in [6.45, 7) is 1.69. The van der Waals surface area contributed by atoms with Crippen LogP contribution in [0.25, 0.3) is 0 Å². The van der Waals surface area contributed by atoms with Crippen LogP contribution >= 0.6 is 0 Å². The summed E-state index contributed by atoms with van der Waals surface area (Å²) in [5.41, 5.74) is 2.71. The summed E-state index contributed by atoms with van der Waals surface area (Å²) in [7, 11) is 0. The molecule has 6 heteroatoms. The van der Waals surface area contributed by atoms with Crippen LogP contribution in [0.5, 0.6) is 5.75 Å². The van der Waals surface area contributed by atoms with Gasteiger partial charge in [0.2, 0.25) is 5.91 Å². The van der Waals surface area contributed by atoms with E-state index in [9.17, 15) is 9.59 Å². The largest absolute Gasteiger partial charge is 0.493 e. The van der Waals surface area contributed by atoms with Crippen molar-refractivity contribution in [3.05, 3.63) is 59.4 Å². The van der Waals surface area contributed by atoms with Gasteiger partial charge < -0.3 is 15.0 Å². The van der Waals surface area contributed by atoms with Crippen molar-refractivity contribution in [2.45, 2.75) is 38.3 Å². The number of hydrogen-bond donors (Lipinski definition) is 1. The maximum atomic E-state index is 13.3. The molecule has 140 valence electrons. The van der Waals surface area contributed by atoms with Gasteiger partial charge >= 0.3 is 0 Å². The molecule has 4 rings (SSSR count). The molecule has 1 atom stereocenters. The number of rotatable bonds is 5. The van der Waals surface area contributed by atoms with Gasteiger partial charge in [-0.3, -0.25) is 14.6 Å². The zero-order chi connectivity index (χ0) is 18.6. The summed E-state index contributed by atoms with van der Waals surface area (Å²) in [6.07, 6.45) is 6.67. The molecule has 1 N–H and O–H groups in total. The Balaban J connectivity index is 1.56. The number of nitrogens with zero attached hydrogens (tertiary/aromatic N) is 2. The molecule has 3 heterocycles. The molecule has 1 aromatic carbocycles. The van der Waals surface area contributed by atoms with E-state index in [1.807, 2.05) is 30.3 Å². The van der Waals surface area contributed by atoms with E-state index in [2.05, 4.69) is 10.3 Å². The van der Waals surface area contributed by atoms with Crippen molar-refractivity contribution in [1.82, 2.24) is 15.2 Å². The van der Waals surface area contributed by atoms with Crippen LogP contribution in [0.15, 0.2) is 42.7 Å². The summed E-state index contributed by atoms with van der Waals surface area (Å²) in [6, 6.07) is 9.49. The highest BCUT2D eigenvalue weighted by Gasteiger charge is 2.26. The number of carbonyl (C=O) groups is 2. The van der Waals surface area contributed by atoms with E-state index < -0.39 is 0 Å². The fourth-order valence-electron chi connectivity index (χ4n) is 3.69. The monoisotopic (exact) mass is 365 g/mol. The Bertz CT molecular complexity index is 838. The Morgan fingerprint density at radius 1 is 1.30 bits per heavy atom. The van der Waals surface area contributed by atoms with Crippen molar-refractivity contribution >= 4 is 11.8 Å². The second-order valence-electron chi connectivity index (χ2n) is 7.12. The van der Waals surface area contributed by atoms with Crippen LogP contribution in [0.2, 0.25) is 0 Å². The summed E-state index contributed by atoms with van der Waals surface area (Å²) in [5, 5.41) is 2.96. The lowest BCUT2D eigenvalue weighted by Gasteiger charge is -2.26. The van der Waals surface area contributed by atoms with E-state index in [4.69, 9.17) is 4.74 Å². The van der Waals surface area contributed by atoms with Crippen molar-refractivity contribution < 1.29 is 14.3 Å². The molecule has 0 bridgehead atoms. The van der Waals surface area contributed by atoms with Crippen LogP contribution in [0.4, 0.5) is 0 Å². The van der Waals surface area contributed by atoms with Crippen molar-refractivity contribution in [2.24, 2.45) is 0 Å². The number of fused-ring (bicyclic) bond motifs is 1. The number of benzene rings is 1. The fraction of sp³-hybridized carbons (Fsp3) is 0.381. The molecule has 1 saturated heterocycles. The molecule has 0 spiro atoms. The Morgan fingerprint density at radius 2 is 2.22 bits per heavy atom. The first-order valence-electron chi connectivity index (χ1n) is 9.42. The second-order valence-corrected chi connectivity index (χ2v) is 7.12. The van der Waals surface area contributed by atoms with E-state index in [1.165, 1.54) is 0 Å². The molecule has 0 aliphatic carbocycles. The molecule has 0 saturated carbocycles. The maximum Gasteiger partial charge on any atom is 0.254 e. The maximum absolute atomic E-state index is 13.3. The standard InChI is InChI=1S/C21H23N3O3/c25-20-8-6-18(23-20)14-24(13-15-3-1-9-22-12-15)21(26)17-5-7-19-16(11-17)4-2-10-27-19/h1,3,5,7,9,11-12,18H,2,4,6,8,10,13-14H2,(H,23,25)/t18-/m0/s1. The molecule has 2 aromatic rings. The number of amides is 2. The molecule has 6 nitrogen and oxygen atoms in total. The number of hydrogen-bond acceptors (Lipinski definition) is 4. The van der Waals surface area contributed by atoms with Crippen molar-refractivity contribution in [3.8, 4) is 5.75 Å². The van der Waals surface area contributed by atoms with Gasteiger partial charge in [0.1, 0.15) is 5.75 Å². The highest BCUT2D eigenvalue weighted by molar-refractivity contribution is 5.94. The van der Waals surface area contributed by atoms with Crippen LogP contribution in [-0.4, -0.2) is 40.9 Å². The van der Waals surface area contributed by atoms with E-state index in [-0.39, 0.29) is 17.9 Å². The third-order valence-electron chi connectivity index (χ3n) is 5.06. The molecular formula is C21H23N3O3. The van der Waals surface area contributed by atoms with Gasteiger partial charge in [-0.15, -0.1) is 0 Å². The van der Waals surface area contributed by atoms with Gasteiger partial charge in [-0.05, 0) is 54.7 Å². The predicted molar refractivity (Wildman–Crippen MR) is 100 cm³/mol. The molecule has 0 radical (unpaired) electrons. The minimum absolute atomic E-state index is 0.000850.